The van der Waals surface area contributed by atoms with Crippen molar-refractivity contribution in [1.29, 1.82) is 0 Å². The second kappa shape index (κ2) is 5.63. The molecule has 0 fully saturated rings. The van der Waals surface area contributed by atoms with Crippen molar-refractivity contribution < 1.29 is 14.3 Å². The molecule has 0 saturated heterocycles. The van der Waals surface area contributed by atoms with E-state index in [1.807, 2.05) is 20.8 Å². The van der Waals surface area contributed by atoms with Crippen LogP contribution in [0.2, 0.25) is 0 Å². The molecule has 2 rings (SSSR count). The average molecular weight is 291 g/mol. The highest BCUT2D eigenvalue weighted by Crippen LogP contribution is 2.34. The first-order valence-electron chi connectivity index (χ1n) is 6.90. The van der Waals surface area contributed by atoms with Crippen molar-refractivity contribution in [3.05, 3.63) is 18.2 Å². The van der Waals surface area contributed by atoms with Gasteiger partial charge in [-0.15, -0.1) is 0 Å². The van der Waals surface area contributed by atoms with E-state index in [1.165, 1.54) is 6.92 Å². The molecular weight excluding hydrogens is 270 g/mol. The summed E-state index contributed by atoms with van der Waals surface area (Å²) in [6, 6.07) is 4.99. The second-order valence-corrected chi connectivity index (χ2v) is 6.03. The highest BCUT2D eigenvalue weighted by molar-refractivity contribution is 5.95. The van der Waals surface area contributed by atoms with Crippen molar-refractivity contribution >= 4 is 23.3 Å². The third kappa shape index (κ3) is 3.87. The summed E-state index contributed by atoms with van der Waals surface area (Å²) in [6.07, 6.45) is 0. The highest BCUT2D eigenvalue weighted by atomic mass is 16.5. The Morgan fingerprint density at radius 1 is 1.29 bits per heavy atom. The van der Waals surface area contributed by atoms with Crippen molar-refractivity contribution in [3.8, 4) is 5.75 Å². The van der Waals surface area contributed by atoms with Crippen LogP contribution in [0.1, 0.15) is 27.7 Å². The number of rotatable bonds is 1. The van der Waals surface area contributed by atoms with Crippen LogP contribution in [0.15, 0.2) is 18.2 Å². The van der Waals surface area contributed by atoms with Crippen molar-refractivity contribution in [1.82, 2.24) is 5.32 Å². The van der Waals surface area contributed by atoms with Gasteiger partial charge in [-0.3, -0.25) is 4.79 Å². The largest absolute Gasteiger partial charge is 0.489 e. The van der Waals surface area contributed by atoms with E-state index in [9.17, 15) is 9.59 Å². The number of fused-ring (bicyclic) bond motifs is 1. The summed E-state index contributed by atoms with van der Waals surface area (Å²) < 4.78 is 5.56. The molecule has 0 unspecified atom stereocenters. The van der Waals surface area contributed by atoms with Crippen LogP contribution in [0, 0.1) is 0 Å². The minimum absolute atomic E-state index is 0.0225. The van der Waals surface area contributed by atoms with Gasteiger partial charge in [-0.1, -0.05) is 0 Å². The lowest BCUT2D eigenvalue weighted by Crippen LogP contribution is -2.43. The normalized spacial score (nSPS) is 14.0. The number of carbonyl (C=O) groups is 2. The fourth-order valence-corrected chi connectivity index (χ4v) is 2.13. The van der Waals surface area contributed by atoms with Crippen LogP contribution < -0.4 is 20.3 Å². The van der Waals surface area contributed by atoms with Crippen LogP contribution in [0.25, 0.3) is 0 Å². The maximum Gasteiger partial charge on any atom is 0.319 e. The third-order valence-corrected chi connectivity index (χ3v) is 2.95. The predicted molar refractivity (Wildman–Crippen MR) is 81.9 cm³/mol. The SMILES string of the molecule is CC(=O)N1CCOc2cc(NC(=O)NC(C)(C)C)ccc21. The van der Waals surface area contributed by atoms with Crippen LogP contribution in [0.5, 0.6) is 5.75 Å². The third-order valence-electron chi connectivity index (χ3n) is 2.95. The number of hydrogen-bond acceptors (Lipinski definition) is 3. The van der Waals surface area contributed by atoms with Gasteiger partial charge >= 0.3 is 6.03 Å². The van der Waals surface area contributed by atoms with E-state index in [2.05, 4.69) is 10.6 Å². The first kappa shape index (κ1) is 15.2. The summed E-state index contributed by atoms with van der Waals surface area (Å²) in [5, 5.41) is 5.58. The number of carbonyl (C=O) groups excluding carboxylic acids is 2. The Kier molecular flexibility index (Phi) is 4.06. The van der Waals surface area contributed by atoms with E-state index in [0.29, 0.717) is 24.6 Å². The fraction of sp³-hybridized carbons (Fsp3) is 0.467. The van der Waals surface area contributed by atoms with Crippen LogP contribution in [0.3, 0.4) is 0 Å². The molecule has 2 N–H and O–H groups in total. The second-order valence-electron chi connectivity index (χ2n) is 6.03. The molecule has 0 spiro atoms. The van der Waals surface area contributed by atoms with Crippen LogP contribution in [0.4, 0.5) is 16.2 Å². The Morgan fingerprint density at radius 2 is 2.00 bits per heavy atom. The van der Waals surface area contributed by atoms with E-state index in [0.717, 1.165) is 5.69 Å². The molecule has 0 radical (unpaired) electrons. The Balaban J connectivity index is 2.14. The zero-order valence-corrected chi connectivity index (χ0v) is 12.8. The summed E-state index contributed by atoms with van der Waals surface area (Å²) >= 11 is 0. The zero-order valence-electron chi connectivity index (χ0n) is 12.8. The Labute approximate surface area is 124 Å². The van der Waals surface area contributed by atoms with Gasteiger partial charge in [-0.05, 0) is 32.9 Å². The summed E-state index contributed by atoms with van der Waals surface area (Å²) in [5.41, 5.74) is 1.05. The molecule has 1 aliphatic heterocycles. The Bertz CT molecular complexity index is 564. The molecule has 0 aliphatic carbocycles. The van der Waals surface area contributed by atoms with Gasteiger partial charge < -0.3 is 20.3 Å². The first-order chi connectivity index (χ1) is 9.76. The molecule has 6 heteroatoms. The van der Waals surface area contributed by atoms with Gasteiger partial charge in [-0.25, -0.2) is 4.79 Å². The van der Waals surface area contributed by atoms with Gasteiger partial charge in [0.1, 0.15) is 12.4 Å². The highest BCUT2D eigenvalue weighted by Gasteiger charge is 2.22. The lowest BCUT2D eigenvalue weighted by molar-refractivity contribution is -0.116. The number of anilines is 2. The average Bonchev–Trinajstić information content (AvgIpc) is 2.35. The van der Waals surface area contributed by atoms with Crippen molar-refractivity contribution in [3.63, 3.8) is 0 Å². The number of urea groups is 1. The number of amides is 3. The fourth-order valence-electron chi connectivity index (χ4n) is 2.13. The molecule has 114 valence electrons. The van der Waals surface area contributed by atoms with Crippen LogP contribution in [-0.2, 0) is 4.79 Å². The maximum atomic E-state index is 11.8. The zero-order chi connectivity index (χ0) is 15.6. The lowest BCUT2D eigenvalue weighted by Gasteiger charge is -2.29. The topological polar surface area (TPSA) is 70.7 Å². The van der Waals surface area contributed by atoms with Crippen molar-refractivity contribution in [2.75, 3.05) is 23.4 Å². The van der Waals surface area contributed by atoms with Gasteiger partial charge in [0.2, 0.25) is 5.91 Å². The molecule has 0 bridgehead atoms. The quantitative estimate of drug-likeness (QED) is 0.834. The van der Waals surface area contributed by atoms with E-state index in [4.69, 9.17) is 4.74 Å². The molecular formula is C15H21N3O3. The number of benzene rings is 1. The molecule has 1 heterocycles. The first-order valence-corrected chi connectivity index (χ1v) is 6.90. The van der Waals surface area contributed by atoms with E-state index < -0.39 is 0 Å². The number of ether oxygens (including phenoxy) is 1. The van der Waals surface area contributed by atoms with Gasteiger partial charge in [-0.2, -0.15) is 0 Å². The van der Waals surface area contributed by atoms with Gasteiger partial charge in [0.15, 0.2) is 0 Å². The van der Waals surface area contributed by atoms with E-state index in [-0.39, 0.29) is 17.5 Å². The molecule has 3 amide bonds. The van der Waals surface area contributed by atoms with Gasteiger partial charge in [0, 0.05) is 24.2 Å². The molecule has 1 aromatic carbocycles. The smallest absolute Gasteiger partial charge is 0.319 e. The summed E-state index contributed by atoms with van der Waals surface area (Å²) in [4.78, 5) is 25.1. The van der Waals surface area contributed by atoms with Gasteiger partial charge in [0.25, 0.3) is 0 Å². The van der Waals surface area contributed by atoms with E-state index in [1.54, 1.807) is 23.1 Å². The molecule has 0 atom stereocenters. The Morgan fingerprint density at radius 3 is 2.62 bits per heavy atom. The van der Waals surface area contributed by atoms with E-state index >= 15 is 0 Å². The van der Waals surface area contributed by atoms with Crippen LogP contribution >= 0.6 is 0 Å². The predicted octanol–water partition coefficient (Wildman–Crippen LogP) is 2.35. The van der Waals surface area contributed by atoms with Crippen molar-refractivity contribution in [2.24, 2.45) is 0 Å². The summed E-state index contributed by atoms with van der Waals surface area (Å²) in [5.74, 6) is 0.579. The van der Waals surface area contributed by atoms with Gasteiger partial charge in [0.05, 0.1) is 12.2 Å². The maximum absolute atomic E-state index is 11.8. The minimum Gasteiger partial charge on any atom is -0.489 e. The molecule has 1 aromatic rings. The molecule has 0 saturated carbocycles. The number of nitrogens with one attached hydrogen (secondary N) is 2. The standard InChI is InChI=1S/C15H21N3O3/c1-10(19)18-7-8-21-13-9-11(5-6-12(13)18)16-14(20)17-15(2,3)4/h5-6,9H,7-8H2,1-4H3,(H2,16,17,20). The monoisotopic (exact) mass is 291 g/mol. The molecule has 0 aromatic heterocycles. The lowest BCUT2D eigenvalue weighted by atomic mass is 10.1. The number of hydrogen-bond donors (Lipinski definition) is 2. The molecule has 21 heavy (non-hydrogen) atoms. The summed E-state index contributed by atoms with van der Waals surface area (Å²) in [7, 11) is 0. The summed E-state index contributed by atoms with van der Waals surface area (Å²) in [6.45, 7) is 8.25. The Hall–Kier alpha value is -2.24. The minimum atomic E-state index is -0.305. The van der Waals surface area contributed by atoms with Crippen molar-refractivity contribution in [2.45, 2.75) is 33.2 Å². The molecule has 6 nitrogen and oxygen atoms in total. The molecule has 1 aliphatic rings. The number of nitrogens with zero attached hydrogens (tertiary/aromatic N) is 1. The van der Waals surface area contributed by atoms with Crippen LogP contribution in [-0.4, -0.2) is 30.6 Å².